The summed E-state index contributed by atoms with van der Waals surface area (Å²) in [5.41, 5.74) is 0.749. The minimum Gasteiger partial charge on any atom is -0.486 e. The predicted molar refractivity (Wildman–Crippen MR) is 76.3 cm³/mol. The largest absolute Gasteiger partial charge is 0.486 e. The Morgan fingerprint density at radius 1 is 1.25 bits per heavy atom. The van der Waals surface area contributed by atoms with Crippen LogP contribution in [-0.2, 0) is 4.79 Å². The number of carbonyl (C=O) groups is 1. The van der Waals surface area contributed by atoms with Crippen LogP contribution in [0.15, 0.2) is 18.2 Å². The number of hydrogen-bond donors (Lipinski definition) is 2. The van der Waals surface area contributed by atoms with Gasteiger partial charge in [0.1, 0.15) is 13.2 Å². The third-order valence-electron chi connectivity index (χ3n) is 3.74. The molecule has 1 aromatic carbocycles. The van der Waals surface area contributed by atoms with Gasteiger partial charge in [-0.05, 0) is 38.3 Å². The molecule has 1 saturated heterocycles. The Morgan fingerprint density at radius 3 is 2.85 bits per heavy atom. The van der Waals surface area contributed by atoms with Crippen LogP contribution >= 0.6 is 0 Å². The molecule has 5 heteroatoms. The second kappa shape index (κ2) is 5.71. The minimum absolute atomic E-state index is 0.0215. The Hall–Kier alpha value is -1.75. The highest BCUT2D eigenvalue weighted by atomic mass is 16.6. The van der Waals surface area contributed by atoms with E-state index in [0.717, 1.165) is 30.7 Å². The maximum atomic E-state index is 12.2. The van der Waals surface area contributed by atoms with Crippen molar-refractivity contribution in [3.63, 3.8) is 0 Å². The van der Waals surface area contributed by atoms with Crippen molar-refractivity contribution >= 4 is 11.6 Å². The molecule has 1 aromatic rings. The number of carbonyl (C=O) groups excluding carboxylic acids is 1. The first-order chi connectivity index (χ1) is 9.72. The van der Waals surface area contributed by atoms with Gasteiger partial charge in [0.05, 0.1) is 6.04 Å². The SMILES string of the molecule is CC1CCCC(C(=O)Nc2ccc3c(c2)OCCO3)N1. The van der Waals surface area contributed by atoms with Crippen molar-refractivity contribution in [2.75, 3.05) is 18.5 Å². The van der Waals surface area contributed by atoms with Crippen molar-refractivity contribution in [2.45, 2.75) is 38.3 Å². The average molecular weight is 276 g/mol. The zero-order valence-corrected chi connectivity index (χ0v) is 11.6. The van der Waals surface area contributed by atoms with Gasteiger partial charge in [0.2, 0.25) is 5.91 Å². The summed E-state index contributed by atoms with van der Waals surface area (Å²) < 4.78 is 11.0. The first-order valence-electron chi connectivity index (χ1n) is 7.19. The lowest BCUT2D eigenvalue weighted by Crippen LogP contribution is -2.47. The lowest BCUT2D eigenvalue weighted by Gasteiger charge is -2.28. The maximum Gasteiger partial charge on any atom is 0.241 e. The lowest BCUT2D eigenvalue weighted by atomic mass is 9.99. The Bertz CT molecular complexity index is 504. The maximum absolute atomic E-state index is 12.2. The van der Waals surface area contributed by atoms with Gasteiger partial charge in [-0.1, -0.05) is 0 Å². The Labute approximate surface area is 118 Å². The average Bonchev–Trinajstić information content (AvgIpc) is 2.47. The monoisotopic (exact) mass is 276 g/mol. The smallest absolute Gasteiger partial charge is 0.241 e. The van der Waals surface area contributed by atoms with Crippen LogP contribution in [-0.4, -0.2) is 31.2 Å². The molecular formula is C15H20N2O3. The van der Waals surface area contributed by atoms with Crippen LogP contribution < -0.4 is 20.1 Å². The summed E-state index contributed by atoms with van der Waals surface area (Å²) in [6, 6.07) is 5.80. The zero-order chi connectivity index (χ0) is 13.9. The lowest BCUT2D eigenvalue weighted by molar-refractivity contribution is -0.118. The highest BCUT2D eigenvalue weighted by Crippen LogP contribution is 2.32. The van der Waals surface area contributed by atoms with E-state index >= 15 is 0 Å². The second-order valence-corrected chi connectivity index (χ2v) is 5.40. The third kappa shape index (κ3) is 2.88. The van der Waals surface area contributed by atoms with E-state index in [1.165, 1.54) is 0 Å². The normalized spacial score (nSPS) is 25.1. The van der Waals surface area contributed by atoms with Crippen molar-refractivity contribution in [2.24, 2.45) is 0 Å². The number of fused-ring (bicyclic) bond motifs is 1. The molecule has 0 aromatic heterocycles. The molecule has 2 aliphatic heterocycles. The fourth-order valence-corrected chi connectivity index (χ4v) is 2.70. The van der Waals surface area contributed by atoms with Crippen molar-refractivity contribution in [3.05, 3.63) is 18.2 Å². The van der Waals surface area contributed by atoms with Crippen molar-refractivity contribution < 1.29 is 14.3 Å². The highest BCUT2D eigenvalue weighted by Gasteiger charge is 2.24. The summed E-state index contributed by atoms with van der Waals surface area (Å²) in [6.07, 6.45) is 3.11. The number of benzene rings is 1. The van der Waals surface area contributed by atoms with Gasteiger partial charge in [-0.2, -0.15) is 0 Å². The van der Waals surface area contributed by atoms with Gasteiger partial charge in [0, 0.05) is 17.8 Å². The highest BCUT2D eigenvalue weighted by molar-refractivity contribution is 5.95. The van der Waals surface area contributed by atoms with Crippen LogP contribution in [0.5, 0.6) is 11.5 Å². The van der Waals surface area contributed by atoms with E-state index in [-0.39, 0.29) is 11.9 Å². The van der Waals surface area contributed by atoms with Gasteiger partial charge in [-0.3, -0.25) is 4.79 Å². The molecule has 108 valence electrons. The van der Waals surface area contributed by atoms with Crippen LogP contribution in [0.25, 0.3) is 0 Å². The predicted octanol–water partition coefficient (Wildman–Crippen LogP) is 1.93. The summed E-state index contributed by atoms with van der Waals surface area (Å²) >= 11 is 0. The fraction of sp³-hybridized carbons (Fsp3) is 0.533. The van der Waals surface area contributed by atoms with Crippen LogP contribution in [0.2, 0.25) is 0 Å². The number of rotatable bonds is 2. The topological polar surface area (TPSA) is 59.6 Å². The number of anilines is 1. The van der Waals surface area contributed by atoms with Gasteiger partial charge < -0.3 is 20.1 Å². The number of ether oxygens (including phenoxy) is 2. The van der Waals surface area contributed by atoms with Crippen molar-refractivity contribution in [1.29, 1.82) is 0 Å². The molecule has 2 heterocycles. The molecule has 1 fully saturated rings. The summed E-state index contributed by atoms with van der Waals surface area (Å²) in [7, 11) is 0. The molecule has 2 unspecified atom stereocenters. The minimum atomic E-state index is -0.105. The first kappa shape index (κ1) is 13.2. The van der Waals surface area contributed by atoms with Crippen LogP contribution in [0.1, 0.15) is 26.2 Å². The molecule has 2 atom stereocenters. The molecule has 0 radical (unpaired) electrons. The van der Waals surface area contributed by atoms with Gasteiger partial charge in [0.25, 0.3) is 0 Å². The molecule has 0 saturated carbocycles. The summed E-state index contributed by atoms with van der Waals surface area (Å²) in [6.45, 7) is 3.23. The number of piperidine rings is 1. The molecule has 3 rings (SSSR count). The van der Waals surface area contributed by atoms with E-state index < -0.39 is 0 Å². The van der Waals surface area contributed by atoms with Crippen LogP contribution in [0.4, 0.5) is 5.69 Å². The Morgan fingerprint density at radius 2 is 2.05 bits per heavy atom. The van der Waals surface area contributed by atoms with E-state index in [1.807, 2.05) is 18.2 Å². The summed E-state index contributed by atoms with van der Waals surface area (Å²) in [5, 5.41) is 6.28. The summed E-state index contributed by atoms with van der Waals surface area (Å²) in [5.74, 6) is 1.45. The van der Waals surface area contributed by atoms with E-state index in [1.54, 1.807) is 0 Å². The van der Waals surface area contributed by atoms with Crippen molar-refractivity contribution in [1.82, 2.24) is 5.32 Å². The number of hydrogen-bond acceptors (Lipinski definition) is 4. The van der Waals surface area contributed by atoms with Crippen molar-refractivity contribution in [3.8, 4) is 11.5 Å². The zero-order valence-electron chi connectivity index (χ0n) is 11.6. The number of amides is 1. The quantitative estimate of drug-likeness (QED) is 0.866. The number of nitrogens with one attached hydrogen (secondary N) is 2. The standard InChI is InChI=1S/C15H20N2O3/c1-10-3-2-4-12(16-10)15(18)17-11-5-6-13-14(9-11)20-8-7-19-13/h5-6,9-10,12,16H,2-4,7-8H2,1H3,(H,17,18). The Balaban J connectivity index is 1.66. The Kier molecular flexibility index (Phi) is 3.78. The molecule has 0 bridgehead atoms. The first-order valence-corrected chi connectivity index (χ1v) is 7.19. The van der Waals surface area contributed by atoms with Gasteiger partial charge in [-0.15, -0.1) is 0 Å². The molecule has 0 aliphatic carbocycles. The van der Waals surface area contributed by atoms with Gasteiger partial charge in [-0.25, -0.2) is 0 Å². The molecule has 2 aliphatic rings. The van der Waals surface area contributed by atoms with Crippen LogP contribution in [0.3, 0.4) is 0 Å². The third-order valence-corrected chi connectivity index (χ3v) is 3.74. The van der Waals surface area contributed by atoms with Crippen LogP contribution in [0, 0.1) is 0 Å². The molecule has 1 amide bonds. The molecular weight excluding hydrogens is 256 g/mol. The van der Waals surface area contributed by atoms with E-state index in [0.29, 0.717) is 25.0 Å². The van der Waals surface area contributed by atoms with E-state index in [2.05, 4.69) is 17.6 Å². The molecule has 0 spiro atoms. The van der Waals surface area contributed by atoms with E-state index in [4.69, 9.17) is 9.47 Å². The van der Waals surface area contributed by atoms with Gasteiger partial charge in [0.15, 0.2) is 11.5 Å². The summed E-state index contributed by atoms with van der Waals surface area (Å²) in [4.78, 5) is 12.2. The fourth-order valence-electron chi connectivity index (χ4n) is 2.70. The molecule has 20 heavy (non-hydrogen) atoms. The van der Waals surface area contributed by atoms with E-state index in [9.17, 15) is 4.79 Å². The molecule has 2 N–H and O–H groups in total. The molecule has 5 nitrogen and oxygen atoms in total. The van der Waals surface area contributed by atoms with Gasteiger partial charge >= 0.3 is 0 Å². The second-order valence-electron chi connectivity index (χ2n) is 5.40.